The van der Waals surface area contributed by atoms with Crippen molar-refractivity contribution in [2.24, 2.45) is 0 Å². The molecule has 0 radical (unpaired) electrons. The van der Waals surface area contributed by atoms with Gasteiger partial charge in [-0.25, -0.2) is 0 Å². The van der Waals surface area contributed by atoms with Crippen molar-refractivity contribution in [2.75, 3.05) is 14.7 Å². The van der Waals surface area contributed by atoms with Gasteiger partial charge >= 0.3 is 0 Å². The number of anilines is 9. The molecule has 0 aliphatic rings. The van der Waals surface area contributed by atoms with Gasteiger partial charge in [-0.05, 0) is 128 Å². The molecule has 68 heavy (non-hydrogen) atoms. The van der Waals surface area contributed by atoms with Crippen molar-refractivity contribution >= 4 is 146 Å². The van der Waals surface area contributed by atoms with Crippen LogP contribution in [-0.2, 0) is 0 Å². The van der Waals surface area contributed by atoms with E-state index in [4.69, 9.17) is 0 Å². The van der Waals surface area contributed by atoms with E-state index < -0.39 is 0 Å². The summed E-state index contributed by atoms with van der Waals surface area (Å²) in [5.74, 6) is 0. The first-order valence-corrected chi connectivity index (χ1v) is 25.4. The number of nitrogens with zero attached hydrogens (tertiary/aromatic N) is 3. The van der Waals surface area contributed by atoms with Gasteiger partial charge in [0.15, 0.2) is 0 Å². The summed E-state index contributed by atoms with van der Waals surface area (Å²) < 4.78 is 7.64. The standard InChI is InChI=1S/C62H43N3S3/c1-40-16-12-20-43(34-40)64(55-27-14-25-52-49-22-6-10-30-58(49)67-61(52)55)47-36-46(63(42-18-4-3-5-19-42)45-32-33-60-54(39-45)51-24-8-9-29-57(51)66-60)37-48(38-47)65(44-21-13-17-41(2)35-44)56-28-15-26-53-50-23-7-11-31-59(50)68-62(53)56/h3-39H,1-2H3. The quantitative estimate of drug-likeness (QED) is 0.143. The van der Waals surface area contributed by atoms with Crippen molar-refractivity contribution in [1.29, 1.82) is 0 Å². The molecule has 0 aliphatic carbocycles. The molecule has 3 nitrogen and oxygen atoms in total. The second-order valence-corrected chi connectivity index (χ2v) is 20.7. The van der Waals surface area contributed by atoms with Crippen molar-refractivity contribution < 1.29 is 0 Å². The van der Waals surface area contributed by atoms with Crippen LogP contribution in [0.5, 0.6) is 0 Å². The molecule has 0 amide bonds. The molecule has 0 saturated carbocycles. The van der Waals surface area contributed by atoms with E-state index in [9.17, 15) is 0 Å². The largest absolute Gasteiger partial charge is 0.310 e. The minimum Gasteiger partial charge on any atom is -0.310 e. The van der Waals surface area contributed by atoms with Crippen molar-refractivity contribution in [3.8, 4) is 0 Å². The Labute approximate surface area is 407 Å². The molecule has 0 bridgehead atoms. The maximum absolute atomic E-state index is 2.49. The molecule has 0 spiro atoms. The monoisotopic (exact) mass is 925 g/mol. The van der Waals surface area contributed by atoms with Gasteiger partial charge in [-0.3, -0.25) is 0 Å². The number of aryl methyl sites for hydroxylation is 2. The fourth-order valence-corrected chi connectivity index (χ4v) is 13.5. The fourth-order valence-electron chi connectivity index (χ4n) is 10.0. The number of para-hydroxylation sites is 1. The lowest BCUT2D eigenvalue weighted by molar-refractivity contribution is 1.23. The SMILES string of the molecule is Cc1cccc(N(c2cc(N(c3ccccc3)c3ccc4sc5ccccc5c4c3)cc(N(c3cccc(C)c3)c3cccc4c3sc3ccccc34)c2)c2cccc3c2sc2ccccc23)c1. The summed E-state index contributed by atoms with van der Waals surface area (Å²) in [5, 5.41) is 7.62. The van der Waals surface area contributed by atoms with Gasteiger partial charge in [0, 0.05) is 73.9 Å². The number of benzene rings is 10. The fraction of sp³-hybridized carbons (Fsp3) is 0.0323. The third kappa shape index (κ3) is 6.91. The molecule has 0 saturated heterocycles. The highest BCUT2D eigenvalue weighted by Crippen LogP contribution is 2.51. The van der Waals surface area contributed by atoms with Crippen LogP contribution in [0.25, 0.3) is 60.5 Å². The molecular weight excluding hydrogens is 883 g/mol. The highest BCUT2D eigenvalue weighted by Gasteiger charge is 2.26. The summed E-state index contributed by atoms with van der Waals surface area (Å²) >= 11 is 5.59. The lowest BCUT2D eigenvalue weighted by Gasteiger charge is -2.33. The van der Waals surface area contributed by atoms with Gasteiger partial charge < -0.3 is 14.7 Å². The Hall–Kier alpha value is -7.74. The van der Waals surface area contributed by atoms with Gasteiger partial charge in [0.25, 0.3) is 0 Å². The first-order chi connectivity index (χ1) is 33.5. The van der Waals surface area contributed by atoms with E-state index in [-0.39, 0.29) is 0 Å². The topological polar surface area (TPSA) is 9.72 Å². The van der Waals surface area contributed by atoms with E-state index in [0.717, 1.165) is 51.2 Å². The Morgan fingerprint density at radius 3 is 1.18 bits per heavy atom. The van der Waals surface area contributed by atoms with E-state index in [1.54, 1.807) is 0 Å². The second-order valence-electron chi connectivity index (χ2n) is 17.5. The zero-order valence-corrected chi connectivity index (χ0v) is 39.9. The zero-order chi connectivity index (χ0) is 45.3. The maximum Gasteiger partial charge on any atom is 0.0640 e. The number of thiophene rings is 3. The van der Waals surface area contributed by atoms with Crippen LogP contribution in [0.3, 0.4) is 0 Å². The summed E-state index contributed by atoms with van der Waals surface area (Å²) in [6.45, 7) is 4.38. The van der Waals surface area contributed by atoms with Gasteiger partial charge in [-0.15, -0.1) is 34.0 Å². The minimum atomic E-state index is 1.05. The van der Waals surface area contributed by atoms with Crippen LogP contribution in [0.1, 0.15) is 11.1 Å². The smallest absolute Gasteiger partial charge is 0.0640 e. The molecule has 13 rings (SSSR count). The minimum absolute atomic E-state index is 1.05. The van der Waals surface area contributed by atoms with Gasteiger partial charge in [-0.2, -0.15) is 0 Å². The van der Waals surface area contributed by atoms with Gasteiger partial charge in [0.05, 0.1) is 37.8 Å². The Bertz CT molecular complexity index is 3870. The summed E-state index contributed by atoms with van der Waals surface area (Å²) in [5.41, 5.74) is 12.2. The zero-order valence-electron chi connectivity index (χ0n) is 37.4. The number of fused-ring (bicyclic) bond motifs is 9. The third-order valence-corrected chi connectivity index (χ3v) is 16.6. The Morgan fingerprint density at radius 2 is 0.647 bits per heavy atom. The van der Waals surface area contributed by atoms with E-state index in [0.29, 0.717) is 0 Å². The van der Waals surface area contributed by atoms with Crippen LogP contribution in [-0.4, -0.2) is 0 Å². The molecule has 0 fully saturated rings. The van der Waals surface area contributed by atoms with Crippen LogP contribution in [0.4, 0.5) is 51.2 Å². The van der Waals surface area contributed by atoms with Crippen LogP contribution in [0, 0.1) is 13.8 Å². The van der Waals surface area contributed by atoms with Crippen LogP contribution >= 0.6 is 34.0 Å². The van der Waals surface area contributed by atoms with Crippen molar-refractivity contribution in [3.05, 3.63) is 236 Å². The second kappa shape index (κ2) is 16.5. The summed E-state index contributed by atoms with van der Waals surface area (Å²) in [6, 6.07) is 83.0. The molecule has 3 heterocycles. The molecule has 6 heteroatoms. The molecule has 3 aromatic heterocycles. The number of hydrogen-bond acceptors (Lipinski definition) is 6. The third-order valence-electron chi connectivity index (χ3n) is 13.1. The van der Waals surface area contributed by atoms with E-state index in [1.807, 2.05) is 34.0 Å². The first-order valence-electron chi connectivity index (χ1n) is 23.0. The molecule has 0 unspecified atom stereocenters. The lowest BCUT2D eigenvalue weighted by atomic mass is 10.1. The van der Waals surface area contributed by atoms with Gasteiger partial charge in [0.2, 0.25) is 0 Å². The Kier molecular flexibility index (Phi) is 9.86. The maximum atomic E-state index is 2.49. The average Bonchev–Trinajstić information content (AvgIpc) is 4.07. The molecule has 10 aromatic carbocycles. The van der Waals surface area contributed by atoms with Gasteiger partial charge in [0.1, 0.15) is 0 Å². The van der Waals surface area contributed by atoms with E-state index >= 15 is 0 Å². The summed E-state index contributed by atoms with van der Waals surface area (Å²) in [7, 11) is 0. The van der Waals surface area contributed by atoms with Crippen LogP contribution in [0.2, 0.25) is 0 Å². The van der Waals surface area contributed by atoms with Crippen molar-refractivity contribution in [1.82, 2.24) is 0 Å². The van der Waals surface area contributed by atoms with Crippen LogP contribution < -0.4 is 14.7 Å². The highest BCUT2D eigenvalue weighted by atomic mass is 32.1. The molecule has 324 valence electrons. The van der Waals surface area contributed by atoms with E-state index in [2.05, 4.69) is 253 Å². The summed E-state index contributed by atoms with van der Waals surface area (Å²) in [4.78, 5) is 7.43. The first kappa shape index (κ1) is 40.5. The Morgan fingerprint density at radius 1 is 0.250 bits per heavy atom. The molecular formula is C62H43N3S3. The highest BCUT2D eigenvalue weighted by molar-refractivity contribution is 7.27. The normalized spacial score (nSPS) is 11.7. The number of hydrogen-bond donors (Lipinski definition) is 0. The predicted molar refractivity (Wildman–Crippen MR) is 299 cm³/mol. The number of rotatable bonds is 9. The van der Waals surface area contributed by atoms with Crippen molar-refractivity contribution in [2.45, 2.75) is 13.8 Å². The van der Waals surface area contributed by atoms with Gasteiger partial charge in [-0.1, -0.05) is 121 Å². The Balaban J connectivity index is 1.14. The van der Waals surface area contributed by atoms with Crippen LogP contribution in [0.15, 0.2) is 224 Å². The molecule has 0 atom stereocenters. The summed E-state index contributed by atoms with van der Waals surface area (Å²) in [6.07, 6.45) is 0. The van der Waals surface area contributed by atoms with E-state index in [1.165, 1.54) is 71.6 Å². The average molecular weight is 926 g/mol. The molecule has 13 aromatic rings. The lowest BCUT2D eigenvalue weighted by Crippen LogP contribution is -2.16. The molecule has 0 N–H and O–H groups in total. The predicted octanol–water partition coefficient (Wildman–Crippen LogP) is 19.8. The van der Waals surface area contributed by atoms with Crippen molar-refractivity contribution in [3.63, 3.8) is 0 Å². The molecule has 0 aliphatic heterocycles.